The van der Waals surface area contributed by atoms with Gasteiger partial charge in [0.25, 0.3) is 5.91 Å². The van der Waals surface area contributed by atoms with Gasteiger partial charge in [-0.3, -0.25) is 4.79 Å². The number of benzene rings is 3. The normalized spacial score (nSPS) is 17.9. The Balaban J connectivity index is 1.88. The molecule has 2 amide bonds. The fourth-order valence-corrected chi connectivity index (χ4v) is 8.81. The van der Waals surface area contributed by atoms with E-state index in [-0.39, 0.29) is 21.0 Å². The highest BCUT2D eigenvalue weighted by Gasteiger charge is 2.59. The van der Waals surface area contributed by atoms with Crippen LogP contribution in [0.25, 0.3) is 0 Å². The number of para-hydroxylation sites is 1. The summed E-state index contributed by atoms with van der Waals surface area (Å²) < 4.78 is 74.8. The lowest BCUT2D eigenvalue weighted by Gasteiger charge is -2.27. The van der Waals surface area contributed by atoms with Crippen LogP contribution in [0.1, 0.15) is 32.8 Å². The average molecular weight is 560 g/mol. The quantitative estimate of drug-likeness (QED) is 0.426. The molecule has 0 radical (unpaired) electrons. The predicted octanol–water partition coefficient (Wildman–Crippen LogP) is 4.80. The van der Waals surface area contributed by atoms with Crippen molar-refractivity contribution < 1.29 is 35.6 Å². The Labute approximate surface area is 220 Å². The molecule has 0 spiro atoms. The zero-order valence-corrected chi connectivity index (χ0v) is 22.5. The van der Waals surface area contributed by atoms with Gasteiger partial charge in [-0.25, -0.2) is 30.9 Å². The first-order valence-corrected chi connectivity index (χ1v) is 14.7. The number of carbonyl (C=O) groups is 2. The van der Waals surface area contributed by atoms with Crippen molar-refractivity contribution in [2.75, 3.05) is 4.90 Å². The summed E-state index contributed by atoms with van der Waals surface area (Å²) in [5.74, 6) is -1.43. The molecule has 3 aromatic rings. The average Bonchev–Trinajstić information content (AvgIpc) is 3.09. The minimum Gasteiger partial charge on any atom is -0.443 e. The van der Waals surface area contributed by atoms with Crippen molar-refractivity contribution in [1.82, 2.24) is 0 Å². The second-order valence-corrected chi connectivity index (χ2v) is 14.3. The second kappa shape index (κ2) is 9.63. The third-order valence-electron chi connectivity index (χ3n) is 5.97. The van der Waals surface area contributed by atoms with Gasteiger partial charge in [-0.15, -0.1) is 0 Å². The molecule has 1 atom stereocenters. The van der Waals surface area contributed by atoms with E-state index < -0.39 is 53.9 Å². The summed E-state index contributed by atoms with van der Waals surface area (Å²) in [7, 11) is -9.48. The monoisotopic (exact) mass is 559 g/mol. The number of anilines is 1. The van der Waals surface area contributed by atoms with Gasteiger partial charge in [0.2, 0.25) is 5.67 Å². The summed E-state index contributed by atoms with van der Waals surface area (Å²) >= 11 is 0. The Hall–Kier alpha value is -3.57. The summed E-state index contributed by atoms with van der Waals surface area (Å²) in [6.07, 6.45) is -2.45. The molecule has 0 bridgehead atoms. The smallest absolute Gasteiger partial charge is 0.421 e. The number of halogens is 1. The van der Waals surface area contributed by atoms with Crippen LogP contribution in [-0.2, 0) is 34.9 Å². The first-order valence-electron chi connectivity index (χ1n) is 11.6. The first-order chi connectivity index (χ1) is 17.7. The van der Waals surface area contributed by atoms with Gasteiger partial charge >= 0.3 is 6.09 Å². The summed E-state index contributed by atoms with van der Waals surface area (Å²) in [5.41, 5.74) is -4.67. The van der Waals surface area contributed by atoms with Crippen molar-refractivity contribution in [2.24, 2.45) is 0 Å². The second-order valence-electron chi connectivity index (χ2n) is 9.79. The van der Waals surface area contributed by atoms with Crippen molar-refractivity contribution in [2.45, 2.75) is 52.8 Å². The number of sulfone groups is 2. The molecule has 0 aromatic heterocycles. The largest absolute Gasteiger partial charge is 0.443 e. The molecule has 200 valence electrons. The van der Waals surface area contributed by atoms with Crippen molar-refractivity contribution in [3.63, 3.8) is 0 Å². The molecule has 0 fully saturated rings. The van der Waals surface area contributed by atoms with Gasteiger partial charge < -0.3 is 4.74 Å². The van der Waals surface area contributed by atoms with Gasteiger partial charge in [-0.1, -0.05) is 54.6 Å². The van der Waals surface area contributed by atoms with Gasteiger partial charge in [0.05, 0.1) is 15.5 Å². The molecule has 4 rings (SSSR count). The van der Waals surface area contributed by atoms with Crippen LogP contribution in [0.4, 0.5) is 14.9 Å². The molecule has 11 heteroatoms. The zero-order valence-electron chi connectivity index (χ0n) is 20.9. The summed E-state index contributed by atoms with van der Waals surface area (Å²) in [4.78, 5) is 26.2. The lowest BCUT2D eigenvalue weighted by molar-refractivity contribution is -0.129. The Morgan fingerprint density at radius 3 is 1.76 bits per heavy atom. The summed E-state index contributed by atoms with van der Waals surface area (Å²) in [6.45, 7) is 4.69. The van der Waals surface area contributed by atoms with Crippen LogP contribution < -0.4 is 4.90 Å². The van der Waals surface area contributed by atoms with E-state index in [0.717, 1.165) is 0 Å². The lowest BCUT2D eigenvalue weighted by atomic mass is 9.94. The molecule has 1 aliphatic heterocycles. The van der Waals surface area contributed by atoms with E-state index >= 15 is 4.39 Å². The maximum Gasteiger partial charge on any atom is 0.421 e. The SMILES string of the molecule is CC(C)(C)OC(=O)N1C(=O)[C@](F)(CC(S(=O)(=O)c2ccccc2)S(=O)(=O)c2ccccc2)c2ccccc21. The molecule has 0 saturated heterocycles. The van der Waals surface area contributed by atoms with E-state index in [1.54, 1.807) is 32.9 Å². The number of ether oxygens (including phenoxy) is 1. The van der Waals surface area contributed by atoms with Crippen molar-refractivity contribution in [1.29, 1.82) is 0 Å². The summed E-state index contributed by atoms with van der Waals surface area (Å²) in [6, 6.07) is 18.9. The third-order valence-corrected chi connectivity index (χ3v) is 11.1. The third kappa shape index (κ3) is 4.83. The number of hydrogen-bond acceptors (Lipinski definition) is 7. The molecule has 8 nitrogen and oxygen atoms in total. The van der Waals surface area contributed by atoms with E-state index in [4.69, 9.17) is 4.74 Å². The van der Waals surface area contributed by atoms with Crippen LogP contribution in [0, 0.1) is 0 Å². The van der Waals surface area contributed by atoms with Gasteiger partial charge in [0.1, 0.15) is 5.60 Å². The molecular weight excluding hydrogens is 533 g/mol. The Morgan fingerprint density at radius 2 is 1.29 bits per heavy atom. The molecule has 0 N–H and O–H groups in total. The number of imide groups is 1. The molecule has 1 heterocycles. The van der Waals surface area contributed by atoms with Gasteiger partial charge in [-0.05, 0) is 51.1 Å². The van der Waals surface area contributed by atoms with E-state index in [1.807, 2.05) is 0 Å². The van der Waals surface area contributed by atoms with E-state index in [0.29, 0.717) is 4.90 Å². The molecule has 0 saturated carbocycles. The number of nitrogens with zero attached hydrogens (tertiary/aromatic N) is 1. The minimum atomic E-state index is -4.74. The van der Waals surface area contributed by atoms with Crippen molar-refractivity contribution in [3.8, 4) is 0 Å². The number of fused-ring (bicyclic) bond motifs is 1. The molecule has 0 aliphatic carbocycles. The van der Waals surface area contributed by atoms with E-state index in [1.165, 1.54) is 72.8 Å². The molecular formula is C27H26FNO7S2. The van der Waals surface area contributed by atoms with E-state index in [2.05, 4.69) is 0 Å². The van der Waals surface area contributed by atoms with Crippen LogP contribution in [-0.4, -0.2) is 39.0 Å². The fourth-order valence-electron chi connectivity index (χ4n) is 4.23. The van der Waals surface area contributed by atoms with Crippen LogP contribution in [0.3, 0.4) is 0 Å². The maximum atomic E-state index is 17.0. The van der Waals surface area contributed by atoms with Gasteiger partial charge in [0.15, 0.2) is 24.3 Å². The Bertz CT molecular complexity index is 1520. The van der Waals surface area contributed by atoms with Crippen LogP contribution in [0.15, 0.2) is 94.7 Å². The predicted molar refractivity (Wildman–Crippen MR) is 139 cm³/mol. The highest BCUT2D eigenvalue weighted by atomic mass is 32.3. The van der Waals surface area contributed by atoms with Crippen LogP contribution >= 0.6 is 0 Å². The van der Waals surface area contributed by atoms with Gasteiger partial charge in [-0.2, -0.15) is 0 Å². The Kier molecular flexibility index (Phi) is 6.96. The fraction of sp³-hybridized carbons (Fsp3) is 0.259. The molecule has 0 unspecified atom stereocenters. The standard InChI is InChI=1S/C27H26FNO7S2/c1-26(2,3)36-25(31)29-22-17-11-10-16-21(22)27(28,24(29)30)18-23(37(32,33)19-12-6-4-7-13-19)38(34,35)20-14-8-5-9-15-20/h4-17,23H,18H2,1-3H3/t27-/m0/s1. The molecule has 3 aromatic carbocycles. The maximum absolute atomic E-state index is 17.0. The van der Waals surface area contributed by atoms with Crippen molar-refractivity contribution in [3.05, 3.63) is 90.5 Å². The lowest BCUT2D eigenvalue weighted by Crippen LogP contribution is -2.46. The number of alkyl halides is 1. The van der Waals surface area contributed by atoms with E-state index in [9.17, 15) is 26.4 Å². The van der Waals surface area contributed by atoms with Crippen LogP contribution in [0.5, 0.6) is 0 Å². The first kappa shape index (κ1) is 27.5. The molecule has 1 aliphatic rings. The number of amides is 2. The van der Waals surface area contributed by atoms with Crippen LogP contribution in [0.2, 0.25) is 0 Å². The van der Waals surface area contributed by atoms with Gasteiger partial charge in [0, 0.05) is 12.0 Å². The number of rotatable bonds is 6. The summed E-state index contributed by atoms with van der Waals surface area (Å²) in [5, 5.41) is 0. The van der Waals surface area contributed by atoms with Crippen molar-refractivity contribution >= 4 is 37.4 Å². The Morgan fingerprint density at radius 1 is 0.842 bits per heavy atom. The highest BCUT2D eigenvalue weighted by Crippen LogP contribution is 2.48. The zero-order chi connectivity index (χ0) is 27.9. The topological polar surface area (TPSA) is 115 Å². The number of hydrogen-bond donors (Lipinski definition) is 0. The highest BCUT2D eigenvalue weighted by molar-refractivity contribution is 8.09. The minimum absolute atomic E-state index is 0.151. The number of carbonyl (C=O) groups excluding carboxylic acids is 2. The molecule has 38 heavy (non-hydrogen) atoms.